The predicted molar refractivity (Wildman–Crippen MR) is 71.5 cm³/mol. The van der Waals surface area contributed by atoms with Crippen molar-refractivity contribution in [1.82, 2.24) is 14.5 Å². The van der Waals surface area contributed by atoms with E-state index in [4.69, 9.17) is 12.2 Å². The molecule has 2 aromatic rings. The average molecular weight is 247 g/mol. The molecule has 4 heteroatoms. The second-order valence-electron chi connectivity index (χ2n) is 6.04. The van der Waals surface area contributed by atoms with Crippen LogP contribution in [0, 0.1) is 15.6 Å². The maximum absolute atomic E-state index is 5.45. The van der Waals surface area contributed by atoms with E-state index >= 15 is 0 Å². The van der Waals surface area contributed by atoms with Gasteiger partial charge in [-0.25, -0.2) is 0 Å². The fraction of sp³-hybridized carbons (Fsp3) is 0.538. The minimum atomic E-state index is 0.281. The molecule has 0 unspecified atom stereocenters. The summed E-state index contributed by atoms with van der Waals surface area (Å²) in [6.45, 7) is 9.22. The maximum Gasteiger partial charge on any atom is 0.178 e. The Morgan fingerprint density at radius 3 is 2.53 bits per heavy atom. The summed E-state index contributed by atoms with van der Waals surface area (Å²) in [7, 11) is 0. The Balaban J connectivity index is 2.27. The molecule has 2 aromatic heterocycles. The minimum Gasteiger partial charge on any atom is -0.329 e. The lowest BCUT2D eigenvalue weighted by molar-refractivity contribution is 0.457. The zero-order valence-corrected chi connectivity index (χ0v) is 11.4. The first-order valence-corrected chi connectivity index (χ1v) is 6.32. The highest BCUT2D eigenvalue weighted by Gasteiger charge is 2.66. The largest absolute Gasteiger partial charge is 0.329 e. The minimum absolute atomic E-state index is 0.281. The molecule has 1 N–H and O–H groups in total. The number of nitrogens with zero attached hydrogens (tertiary/aromatic N) is 2. The number of aromatic nitrogens is 3. The number of hydrogen-bond donors (Lipinski definition) is 1. The molecule has 0 atom stereocenters. The van der Waals surface area contributed by atoms with Gasteiger partial charge in [-0.05, 0) is 29.1 Å². The van der Waals surface area contributed by atoms with Gasteiger partial charge >= 0.3 is 0 Å². The van der Waals surface area contributed by atoms with Crippen LogP contribution in [0.15, 0.2) is 18.5 Å². The van der Waals surface area contributed by atoms with Crippen molar-refractivity contribution >= 4 is 23.3 Å². The van der Waals surface area contributed by atoms with Crippen LogP contribution in [0.25, 0.3) is 11.0 Å². The molecule has 3 nitrogen and oxygen atoms in total. The molecule has 2 heterocycles. The SMILES string of the molecule is CC1(C)C(n2c(=S)[nH]c3cnccc32)C1(C)C. The molecule has 0 spiro atoms. The Morgan fingerprint density at radius 2 is 1.94 bits per heavy atom. The molecule has 1 saturated carbocycles. The number of H-pyrrole nitrogens is 1. The lowest BCUT2D eigenvalue weighted by atomic mass is 10.0. The molecule has 0 radical (unpaired) electrons. The first-order chi connectivity index (χ1) is 7.87. The number of rotatable bonds is 1. The van der Waals surface area contributed by atoms with E-state index in [1.165, 1.54) is 0 Å². The number of hydrogen-bond acceptors (Lipinski definition) is 2. The summed E-state index contributed by atoms with van der Waals surface area (Å²) in [6, 6.07) is 2.49. The Labute approximate surface area is 106 Å². The topological polar surface area (TPSA) is 33.6 Å². The fourth-order valence-electron chi connectivity index (χ4n) is 3.04. The zero-order chi connectivity index (χ0) is 12.4. The van der Waals surface area contributed by atoms with E-state index in [-0.39, 0.29) is 10.8 Å². The Bertz CT molecular complexity index is 634. The molecular weight excluding hydrogens is 230 g/mol. The Kier molecular flexibility index (Phi) is 1.93. The monoisotopic (exact) mass is 247 g/mol. The number of nitrogens with one attached hydrogen (secondary N) is 1. The first-order valence-electron chi connectivity index (χ1n) is 5.91. The first kappa shape index (κ1) is 11.0. The van der Waals surface area contributed by atoms with Crippen molar-refractivity contribution in [3.05, 3.63) is 23.2 Å². The van der Waals surface area contributed by atoms with Crippen molar-refractivity contribution in [2.24, 2.45) is 10.8 Å². The van der Waals surface area contributed by atoms with E-state index in [0.29, 0.717) is 6.04 Å². The quantitative estimate of drug-likeness (QED) is 0.779. The second-order valence-corrected chi connectivity index (χ2v) is 6.43. The molecular formula is C13H17N3S. The van der Waals surface area contributed by atoms with Crippen molar-refractivity contribution in [1.29, 1.82) is 0 Å². The van der Waals surface area contributed by atoms with Gasteiger partial charge in [-0.2, -0.15) is 0 Å². The highest BCUT2D eigenvalue weighted by molar-refractivity contribution is 7.71. The third-order valence-electron chi connectivity index (χ3n) is 4.72. The zero-order valence-electron chi connectivity index (χ0n) is 10.6. The molecule has 0 saturated heterocycles. The molecule has 1 aliphatic carbocycles. The van der Waals surface area contributed by atoms with Gasteiger partial charge in [0.1, 0.15) is 0 Å². The van der Waals surface area contributed by atoms with Crippen LogP contribution in [0.3, 0.4) is 0 Å². The van der Waals surface area contributed by atoms with Gasteiger partial charge in [0.25, 0.3) is 0 Å². The lowest BCUT2D eigenvalue weighted by Crippen LogP contribution is -2.00. The van der Waals surface area contributed by atoms with Gasteiger partial charge in [0.2, 0.25) is 0 Å². The molecule has 0 amide bonds. The van der Waals surface area contributed by atoms with E-state index in [9.17, 15) is 0 Å². The van der Waals surface area contributed by atoms with E-state index in [0.717, 1.165) is 15.8 Å². The van der Waals surface area contributed by atoms with Crippen molar-refractivity contribution in [3.63, 3.8) is 0 Å². The summed E-state index contributed by atoms with van der Waals surface area (Å²) >= 11 is 5.45. The summed E-state index contributed by atoms with van der Waals surface area (Å²) in [5, 5.41) is 0. The van der Waals surface area contributed by atoms with Crippen molar-refractivity contribution in [2.75, 3.05) is 0 Å². The smallest absolute Gasteiger partial charge is 0.178 e. The van der Waals surface area contributed by atoms with Crippen LogP contribution in [0.1, 0.15) is 33.7 Å². The Hall–Kier alpha value is -1.16. The van der Waals surface area contributed by atoms with Gasteiger partial charge in [0, 0.05) is 12.2 Å². The van der Waals surface area contributed by atoms with E-state index < -0.39 is 0 Å². The average Bonchev–Trinajstić information content (AvgIpc) is 2.55. The number of aromatic amines is 1. The summed E-state index contributed by atoms with van der Waals surface area (Å²) in [5.74, 6) is 0. The van der Waals surface area contributed by atoms with Crippen LogP contribution in [-0.4, -0.2) is 14.5 Å². The van der Waals surface area contributed by atoms with E-state index in [1.807, 2.05) is 18.5 Å². The highest BCUT2D eigenvalue weighted by atomic mass is 32.1. The van der Waals surface area contributed by atoms with Crippen molar-refractivity contribution in [3.8, 4) is 0 Å². The van der Waals surface area contributed by atoms with E-state index in [2.05, 4.69) is 42.2 Å². The predicted octanol–water partition coefficient (Wildman–Crippen LogP) is 3.70. The van der Waals surface area contributed by atoms with Crippen molar-refractivity contribution < 1.29 is 0 Å². The van der Waals surface area contributed by atoms with Gasteiger partial charge in [0.05, 0.1) is 17.2 Å². The fourth-order valence-corrected chi connectivity index (χ4v) is 3.36. The number of pyridine rings is 1. The third-order valence-corrected chi connectivity index (χ3v) is 5.02. The molecule has 0 aliphatic heterocycles. The van der Waals surface area contributed by atoms with Gasteiger partial charge in [-0.3, -0.25) is 4.98 Å². The lowest BCUT2D eigenvalue weighted by Gasteiger charge is -2.06. The molecule has 0 bridgehead atoms. The normalized spacial score (nSPS) is 21.9. The van der Waals surface area contributed by atoms with Gasteiger partial charge in [0.15, 0.2) is 4.77 Å². The summed E-state index contributed by atoms with van der Waals surface area (Å²) < 4.78 is 3.06. The van der Waals surface area contributed by atoms with Crippen LogP contribution in [-0.2, 0) is 0 Å². The van der Waals surface area contributed by atoms with Crippen LogP contribution in [0.4, 0.5) is 0 Å². The maximum atomic E-state index is 5.45. The summed E-state index contributed by atoms with van der Waals surface area (Å²) in [6.07, 6.45) is 3.66. The summed E-state index contributed by atoms with van der Waals surface area (Å²) in [4.78, 5) is 7.37. The second kappa shape index (κ2) is 2.99. The standard InChI is InChI=1S/C13H17N3S/c1-12(2)10(13(12,3)4)16-9-5-6-14-7-8(9)15-11(16)17/h5-7,10H,1-4H3,(H,15,17). The molecule has 1 aliphatic rings. The van der Waals surface area contributed by atoms with Gasteiger partial charge < -0.3 is 9.55 Å². The summed E-state index contributed by atoms with van der Waals surface area (Å²) in [5.41, 5.74) is 2.75. The van der Waals surface area contributed by atoms with Crippen LogP contribution in [0.2, 0.25) is 0 Å². The number of imidazole rings is 1. The molecule has 90 valence electrons. The molecule has 17 heavy (non-hydrogen) atoms. The van der Waals surface area contributed by atoms with Crippen LogP contribution >= 0.6 is 12.2 Å². The van der Waals surface area contributed by atoms with Crippen LogP contribution in [0.5, 0.6) is 0 Å². The van der Waals surface area contributed by atoms with Crippen LogP contribution < -0.4 is 0 Å². The van der Waals surface area contributed by atoms with Gasteiger partial charge in [-0.15, -0.1) is 0 Å². The van der Waals surface area contributed by atoms with E-state index in [1.54, 1.807) is 0 Å². The molecule has 0 aromatic carbocycles. The highest BCUT2D eigenvalue weighted by Crippen LogP contribution is 2.71. The Morgan fingerprint density at radius 1 is 1.29 bits per heavy atom. The molecule has 1 fully saturated rings. The van der Waals surface area contributed by atoms with Crippen molar-refractivity contribution in [2.45, 2.75) is 33.7 Å². The third kappa shape index (κ3) is 1.22. The van der Waals surface area contributed by atoms with Gasteiger partial charge in [-0.1, -0.05) is 27.7 Å². The number of fused-ring (bicyclic) bond motifs is 1. The molecule has 3 rings (SSSR count).